The van der Waals surface area contributed by atoms with E-state index in [1.165, 1.54) is 12.1 Å². The first-order chi connectivity index (χ1) is 15.0. The van der Waals surface area contributed by atoms with Crippen LogP contribution in [0.2, 0.25) is 0 Å². The first-order valence-corrected chi connectivity index (χ1v) is 9.72. The summed E-state index contributed by atoms with van der Waals surface area (Å²) in [5.41, 5.74) is 2.23. The van der Waals surface area contributed by atoms with Crippen molar-refractivity contribution < 1.29 is 18.4 Å². The first-order valence-electron chi connectivity index (χ1n) is 9.72. The molecular formula is C23H21FN4O3. The fourth-order valence-electron chi connectivity index (χ4n) is 3.21. The fraction of sp³-hybridized carbons (Fsp3) is 0.174. The molecule has 1 atom stereocenters. The van der Waals surface area contributed by atoms with Crippen molar-refractivity contribution in [3.05, 3.63) is 78.2 Å². The van der Waals surface area contributed by atoms with Crippen molar-refractivity contribution in [2.75, 3.05) is 7.11 Å². The molecule has 158 valence electrons. The van der Waals surface area contributed by atoms with Crippen LogP contribution in [-0.2, 0) is 11.3 Å². The highest BCUT2D eigenvalue weighted by molar-refractivity contribution is 5.77. The third kappa shape index (κ3) is 4.63. The summed E-state index contributed by atoms with van der Waals surface area (Å²) in [4.78, 5) is 17.0. The number of hydrogen-bond acceptors (Lipinski definition) is 5. The zero-order valence-electron chi connectivity index (χ0n) is 17.1. The largest absolute Gasteiger partial charge is 0.497 e. The van der Waals surface area contributed by atoms with E-state index in [4.69, 9.17) is 9.26 Å². The topological polar surface area (TPSA) is 82.2 Å². The third-order valence-electron chi connectivity index (χ3n) is 4.88. The van der Waals surface area contributed by atoms with Crippen LogP contribution in [0, 0.1) is 5.82 Å². The van der Waals surface area contributed by atoms with Gasteiger partial charge in [0.2, 0.25) is 11.7 Å². The molecule has 2 heterocycles. The lowest BCUT2D eigenvalue weighted by molar-refractivity contribution is -0.122. The van der Waals surface area contributed by atoms with Crippen LogP contribution < -0.4 is 10.1 Å². The summed E-state index contributed by atoms with van der Waals surface area (Å²) in [7, 11) is 1.61. The molecule has 0 aliphatic carbocycles. The van der Waals surface area contributed by atoms with Gasteiger partial charge in [0.15, 0.2) is 0 Å². The molecule has 0 radical (unpaired) electrons. The zero-order valence-corrected chi connectivity index (χ0v) is 17.1. The second-order valence-electron chi connectivity index (χ2n) is 7.01. The van der Waals surface area contributed by atoms with E-state index in [2.05, 4.69) is 15.5 Å². The molecule has 8 heteroatoms. The molecule has 2 aromatic heterocycles. The van der Waals surface area contributed by atoms with Crippen molar-refractivity contribution in [2.24, 2.45) is 0 Å². The summed E-state index contributed by atoms with van der Waals surface area (Å²) in [6, 6.07) is 16.8. The van der Waals surface area contributed by atoms with E-state index < -0.39 is 0 Å². The van der Waals surface area contributed by atoms with Crippen molar-refractivity contribution in [3.8, 4) is 28.7 Å². The van der Waals surface area contributed by atoms with Crippen molar-refractivity contribution in [3.63, 3.8) is 0 Å². The molecule has 0 unspecified atom stereocenters. The van der Waals surface area contributed by atoms with Gasteiger partial charge >= 0.3 is 0 Å². The monoisotopic (exact) mass is 420 g/mol. The summed E-state index contributed by atoms with van der Waals surface area (Å²) in [5.74, 6) is 0.898. The van der Waals surface area contributed by atoms with E-state index in [0.29, 0.717) is 17.1 Å². The van der Waals surface area contributed by atoms with Crippen molar-refractivity contribution in [2.45, 2.75) is 19.5 Å². The molecule has 0 aliphatic heterocycles. The Morgan fingerprint density at radius 3 is 2.61 bits per heavy atom. The molecule has 31 heavy (non-hydrogen) atoms. The molecule has 1 N–H and O–H groups in total. The van der Waals surface area contributed by atoms with Gasteiger partial charge in [0.05, 0.1) is 13.2 Å². The molecular weight excluding hydrogens is 399 g/mol. The number of methoxy groups -OCH3 is 1. The lowest BCUT2D eigenvalue weighted by atomic mass is 10.1. The predicted octanol–water partition coefficient (Wildman–Crippen LogP) is 4.23. The van der Waals surface area contributed by atoms with Crippen LogP contribution in [-0.4, -0.2) is 27.7 Å². The van der Waals surface area contributed by atoms with Gasteiger partial charge in [-0.15, -0.1) is 0 Å². The second kappa shape index (κ2) is 8.83. The van der Waals surface area contributed by atoms with Gasteiger partial charge in [0.1, 0.15) is 23.8 Å². The summed E-state index contributed by atoms with van der Waals surface area (Å²) < 4.78 is 25.4. The minimum absolute atomic E-state index is 0.0943. The summed E-state index contributed by atoms with van der Waals surface area (Å²) >= 11 is 0. The van der Waals surface area contributed by atoms with Crippen LogP contribution in [0.4, 0.5) is 4.39 Å². The quantitative estimate of drug-likeness (QED) is 0.484. The molecule has 2 aromatic carbocycles. The lowest BCUT2D eigenvalue weighted by Crippen LogP contribution is -2.30. The summed E-state index contributed by atoms with van der Waals surface area (Å²) in [6.07, 6.45) is 1.77. The Morgan fingerprint density at radius 1 is 1.16 bits per heavy atom. The fourth-order valence-corrected chi connectivity index (χ4v) is 3.21. The minimum atomic E-state index is -0.337. The maximum Gasteiger partial charge on any atom is 0.274 e. The molecule has 1 amide bonds. The Labute approximate surface area is 178 Å². The predicted molar refractivity (Wildman–Crippen MR) is 113 cm³/mol. The number of nitrogens with one attached hydrogen (secondary N) is 1. The van der Waals surface area contributed by atoms with Crippen molar-refractivity contribution in [1.82, 2.24) is 20.0 Å². The van der Waals surface area contributed by atoms with E-state index in [9.17, 15) is 9.18 Å². The van der Waals surface area contributed by atoms with Gasteiger partial charge in [-0.25, -0.2) is 4.39 Å². The highest BCUT2D eigenvalue weighted by Crippen LogP contribution is 2.23. The maximum absolute atomic E-state index is 13.1. The molecule has 0 saturated heterocycles. The average molecular weight is 420 g/mol. The Bertz CT molecular complexity index is 1170. The summed E-state index contributed by atoms with van der Waals surface area (Å²) in [6.45, 7) is 2.01. The van der Waals surface area contributed by atoms with Crippen LogP contribution in [0.25, 0.3) is 23.0 Å². The van der Waals surface area contributed by atoms with Crippen LogP contribution in [0.3, 0.4) is 0 Å². The number of aromatic nitrogens is 3. The average Bonchev–Trinajstić information content (AvgIpc) is 3.43. The molecule has 4 rings (SSSR count). The number of nitrogens with zero attached hydrogens (tertiary/aromatic N) is 3. The van der Waals surface area contributed by atoms with E-state index in [1.807, 2.05) is 31.2 Å². The molecule has 0 aliphatic rings. The molecule has 7 nitrogen and oxygen atoms in total. The standard InChI is InChI=1S/C23H21FN4O3/c1-15(16-7-11-19(30-2)12-8-16)25-21(29)14-28-13-3-4-20(28)23-26-22(27-31-23)17-5-9-18(24)10-6-17/h3-13,15H,14H2,1-2H3,(H,25,29)/t15-/m1/s1. The second-order valence-corrected chi connectivity index (χ2v) is 7.01. The molecule has 0 saturated carbocycles. The smallest absolute Gasteiger partial charge is 0.274 e. The van der Waals surface area contributed by atoms with Gasteiger partial charge in [0.25, 0.3) is 5.89 Å². The molecule has 0 bridgehead atoms. The number of rotatable bonds is 7. The number of ether oxygens (including phenoxy) is 1. The van der Waals surface area contributed by atoms with Crippen LogP contribution in [0.15, 0.2) is 71.4 Å². The van der Waals surface area contributed by atoms with Crippen molar-refractivity contribution in [1.29, 1.82) is 0 Å². The van der Waals surface area contributed by atoms with Crippen molar-refractivity contribution >= 4 is 5.91 Å². The number of carbonyl (C=O) groups excluding carboxylic acids is 1. The van der Waals surface area contributed by atoms with Gasteiger partial charge in [-0.3, -0.25) is 4.79 Å². The maximum atomic E-state index is 13.1. The molecule has 0 spiro atoms. The van der Waals surface area contributed by atoms with Crippen LogP contribution in [0.5, 0.6) is 5.75 Å². The van der Waals surface area contributed by atoms with E-state index in [0.717, 1.165) is 11.3 Å². The number of benzene rings is 2. The number of carbonyl (C=O) groups is 1. The van der Waals surface area contributed by atoms with Crippen LogP contribution >= 0.6 is 0 Å². The first kappa shape index (κ1) is 20.3. The number of halogens is 1. The highest BCUT2D eigenvalue weighted by atomic mass is 19.1. The van der Waals surface area contributed by atoms with Gasteiger partial charge in [0, 0.05) is 11.8 Å². The Balaban J connectivity index is 1.44. The Kier molecular flexibility index (Phi) is 5.79. The van der Waals surface area contributed by atoms with Crippen LogP contribution in [0.1, 0.15) is 18.5 Å². The van der Waals surface area contributed by atoms with E-state index >= 15 is 0 Å². The zero-order chi connectivity index (χ0) is 21.8. The highest BCUT2D eigenvalue weighted by Gasteiger charge is 2.17. The lowest BCUT2D eigenvalue weighted by Gasteiger charge is -2.15. The number of amides is 1. The van der Waals surface area contributed by atoms with Gasteiger partial charge in [-0.05, 0) is 61.0 Å². The van der Waals surface area contributed by atoms with E-state index in [-0.39, 0.29) is 30.2 Å². The van der Waals surface area contributed by atoms with Gasteiger partial charge in [-0.2, -0.15) is 4.98 Å². The molecule has 0 fully saturated rings. The number of hydrogen-bond donors (Lipinski definition) is 1. The van der Waals surface area contributed by atoms with Gasteiger partial charge in [-0.1, -0.05) is 17.3 Å². The van der Waals surface area contributed by atoms with E-state index in [1.54, 1.807) is 42.1 Å². The Hall–Kier alpha value is -3.94. The normalized spacial score (nSPS) is 11.8. The van der Waals surface area contributed by atoms with Gasteiger partial charge < -0.3 is 19.1 Å². The minimum Gasteiger partial charge on any atom is -0.497 e. The third-order valence-corrected chi connectivity index (χ3v) is 4.88. The Morgan fingerprint density at radius 2 is 1.90 bits per heavy atom. The summed E-state index contributed by atoms with van der Waals surface area (Å²) in [5, 5.41) is 6.95. The molecule has 4 aromatic rings. The SMILES string of the molecule is COc1ccc([C@@H](C)NC(=O)Cn2cccc2-c2nc(-c3ccc(F)cc3)no2)cc1.